The van der Waals surface area contributed by atoms with Crippen LogP contribution < -0.4 is 5.32 Å². The molecule has 0 saturated carbocycles. The summed E-state index contributed by atoms with van der Waals surface area (Å²) in [4.78, 5) is 39.4. The SMILES string of the molecule is CCCC(=O)N1CCC[C@H]1c1ncc(-c2cnc(-c3ccc(-c4cnc([C@H](C)NC)[nH]4)cc3)nc2)[nH]1.[HH].[HH].[HH]. The summed E-state index contributed by atoms with van der Waals surface area (Å²) in [7, 11) is 1.91. The second-order valence-electron chi connectivity index (χ2n) is 9.24. The fourth-order valence-electron chi connectivity index (χ4n) is 4.61. The van der Waals surface area contributed by atoms with E-state index < -0.39 is 0 Å². The molecule has 0 unspecified atom stereocenters. The van der Waals surface area contributed by atoms with Gasteiger partial charge in [0.2, 0.25) is 5.91 Å². The highest BCUT2D eigenvalue weighted by Gasteiger charge is 2.31. The highest BCUT2D eigenvalue weighted by molar-refractivity contribution is 5.77. The Hall–Kier alpha value is -3.85. The summed E-state index contributed by atoms with van der Waals surface area (Å²) in [5.41, 5.74) is 4.69. The number of carbonyl (C=O) groups excluding carboxylic acids is 1. The van der Waals surface area contributed by atoms with E-state index in [2.05, 4.69) is 42.1 Å². The van der Waals surface area contributed by atoms with Crippen molar-refractivity contribution in [2.75, 3.05) is 13.6 Å². The summed E-state index contributed by atoms with van der Waals surface area (Å²) >= 11 is 0. The number of hydrogen-bond acceptors (Lipinski definition) is 6. The number of H-pyrrole nitrogens is 2. The maximum absolute atomic E-state index is 12.5. The highest BCUT2D eigenvalue weighted by atomic mass is 16.2. The van der Waals surface area contributed by atoms with E-state index >= 15 is 0 Å². The minimum atomic E-state index is 0. The summed E-state index contributed by atoms with van der Waals surface area (Å²) in [6.07, 6.45) is 10.6. The first-order valence-electron chi connectivity index (χ1n) is 12.6. The smallest absolute Gasteiger partial charge is 0.223 e. The number of rotatable bonds is 8. The van der Waals surface area contributed by atoms with Gasteiger partial charge in [-0.3, -0.25) is 4.79 Å². The first-order valence-corrected chi connectivity index (χ1v) is 12.6. The van der Waals surface area contributed by atoms with Crippen LogP contribution in [0, 0.1) is 0 Å². The number of amides is 1. The minimum Gasteiger partial charge on any atom is -0.341 e. The molecule has 4 aromatic rings. The van der Waals surface area contributed by atoms with Crippen LogP contribution in [0.25, 0.3) is 33.9 Å². The molecule has 0 radical (unpaired) electrons. The van der Waals surface area contributed by atoms with Crippen molar-refractivity contribution in [3.8, 4) is 33.9 Å². The lowest BCUT2D eigenvalue weighted by atomic mass is 10.1. The summed E-state index contributed by atoms with van der Waals surface area (Å²) in [6.45, 7) is 4.90. The number of hydrogen-bond donors (Lipinski definition) is 3. The zero-order valence-corrected chi connectivity index (χ0v) is 21.0. The van der Waals surface area contributed by atoms with Crippen molar-refractivity contribution in [2.45, 2.75) is 51.6 Å². The number of aromatic nitrogens is 6. The molecule has 36 heavy (non-hydrogen) atoms. The van der Waals surface area contributed by atoms with Gasteiger partial charge in [-0.2, -0.15) is 0 Å². The van der Waals surface area contributed by atoms with Gasteiger partial charge < -0.3 is 20.2 Å². The molecule has 1 aliphatic rings. The van der Waals surface area contributed by atoms with Crippen LogP contribution in [0.3, 0.4) is 0 Å². The van der Waals surface area contributed by atoms with Gasteiger partial charge in [-0.15, -0.1) is 0 Å². The van der Waals surface area contributed by atoms with Gasteiger partial charge in [-0.25, -0.2) is 19.9 Å². The predicted molar refractivity (Wildman–Crippen MR) is 145 cm³/mol. The summed E-state index contributed by atoms with van der Waals surface area (Å²) in [6, 6.07) is 8.30. The third kappa shape index (κ3) is 4.79. The van der Waals surface area contributed by atoms with Gasteiger partial charge in [0.1, 0.15) is 11.6 Å². The van der Waals surface area contributed by atoms with Gasteiger partial charge in [-0.05, 0) is 38.8 Å². The first-order chi connectivity index (χ1) is 17.6. The molecule has 9 heteroatoms. The van der Waals surface area contributed by atoms with Crippen LogP contribution in [0.1, 0.15) is 67.5 Å². The molecule has 9 nitrogen and oxygen atoms in total. The number of nitrogens with zero attached hydrogens (tertiary/aromatic N) is 5. The molecule has 0 spiro atoms. The third-order valence-electron chi connectivity index (χ3n) is 6.80. The van der Waals surface area contributed by atoms with E-state index in [1.807, 2.05) is 61.7 Å². The molecule has 192 valence electrons. The van der Waals surface area contributed by atoms with Gasteiger partial charge >= 0.3 is 0 Å². The Bertz CT molecular complexity index is 1320. The second-order valence-corrected chi connectivity index (χ2v) is 9.24. The molecule has 3 aromatic heterocycles. The fourth-order valence-corrected chi connectivity index (χ4v) is 4.61. The minimum absolute atomic E-state index is 0. The quantitative estimate of drug-likeness (QED) is 0.304. The molecule has 1 saturated heterocycles. The van der Waals surface area contributed by atoms with Crippen molar-refractivity contribution in [2.24, 2.45) is 0 Å². The molecule has 2 atom stereocenters. The maximum Gasteiger partial charge on any atom is 0.223 e. The Morgan fingerprint density at radius 1 is 1.03 bits per heavy atom. The van der Waals surface area contributed by atoms with E-state index in [4.69, 9.17) is 0 Å². The summed E-state index contributed by atoms with van der Waals surface area (Å²) in [5, 5.41) is 3.19. The van der Waals surface area contributed by atoms with E-state index in [-0.39, 0.29) is 22.3 Å². The van der Waals surface area contributed by atoms with Crippen molar-refractivity contribution < 1.29 is 9.07 Å². The van der Waals surface area contributed by atoms with Gasteiger partial charge in [0, 0.05) is 40.8 Å². The molecule has 0 aliphatic carbocycles. The first kappa shape index (κ1) is 23.9. The molecule has 3 N–H and O–H groups in total. The Kier molecular flexibility index (Phi) is 6.90. The molecular weight excluding hydrogens is 452 g/mol. The zero-order valence-electron chi connectivity index (χ0n) is 21.0. The number of likely N-dealkylation sites (tertiary alicyclic amines) is 1. The highest BCUT2D eigenvalue weighted by Crippen LogP contribution is 2.32. The number of nitrogens with one attached hydrogen (secondary N) is 3. The topological polar surface area (TPSA) is 115 Å². The molecular formula is C27H38N8O. The van der Waals surface area contributed by atoms with Crippen LogP contribution >= 0.6 is 0 Å². The molecule has 1 aromatic carbocycles. The monoisotopic (exact) mass is 490 g/mol. The van der Waals surface area contributed by atoms with Gasteiger partial charge in [0.25, 0.3) is 0 Å². The van der Waals surface area contributed by atoms with Crippen LogP contribution in [-0.2, 0) is 4.79 Å². The van der Waals surface area contributed by atoms with Crippen LogP contribution in [0.15, 0.2) is 49.1 Å². The standard InChI is InChI=1S/C27H32N8O.3H2/c1-4-6-24(36)35-12-5-7-23(35)27-32-16-22(34-27)20-13-29-26(30-14-20)19-10-8-18(9-11-19)21-15-31-25(33-21)17(2)28-3;;;/h8-11,13-17,23,28H,4-7,12H2,1-3H3,(H,31,33)(H,32,34);3*1H/t17-,23-;;;/m0.../s1. The van der Waals surface area contributed by atoms with Crippen molar-refractivity contribution in [3.63, 3.8) is 0 Å². The van der Waals surface area contributed by atoms with Gasteiger partial charge in [0.05, 0.1) is 35.9 Å². The average molecular weight is 491 g/mol. The normalized spacial score (nSPS) is 16.4. The third-order valence-corrected chi connectivity index (χ3v) is 6.80. The molecule has 1 fully saturated rings. The summed E-state index contributed by atoms with van der Waals surface area (Å²) in [5.74, 6) is 2.60. The van der Waals surface area contributed by atoms with Gasteiger partial charge in [-0.1, -0.05) is 31.2 Å². The number of imidazole rings is 2. The zero-order chi connectivity index (χ0) is 25.1. The van der Waals surface area contributed by atoms with E-state index in [1.165, 1.54) is 0 Å². The maximum atomic E-state index is 12.5. The number of carbonyl (C=O) groups is 1. The molecule has 5 rings (SSSR count). The van der Waals surface area contributed by atoms with Crippen LogP contribution in [-0.4, -0.2) is 54.3 Å². The largest absolute Gasteiger partial charge is 0.341 e. The number of aromatic amines is 2. The fraction of sp³-hybridized carbons (Fsp3) is 0.370. The number of benzene rings is 1. The molecule has 1 aliphatic heterocycles. The molecule has 4 heterocycles. The molecule has 1 amide bonds. The Labute approximate surface area is 215 Å². The van der Waals surface area contributed by atoms with E-state index in [9.17, 15) is 4.79 Å². The lowest BCUT2D eigenvalue weighted by Crippen LogP contribution is -2.30. The van der Waals surface area contributed by atoms with E-state index in [0.717, 1.165) is 65.5 Å². The lowest BCUT2D eigenvalue weighted by molar-refractivity contribution is -0.132. The van der Waals surface area contributed by atoms with Gasteiger partial charge in [0.15, 0.2) is 5.82 Å². The van der Waals surface area contributed by atoms with E-state index in [1.54, 1.807) is 6.20 Å². The Balaban J connectivity index is 0.00000178. The van der Waals surface area contributed by atoms with E-state index in [0.29, 0.717) is 12.2 Å². The second kappa shape index (κ2) is 10.4. The van der Waals surface area contributed by atoms with Crippen molar-refractivity contribution in [3.05, 3.63) is 60.7 Å². The predicted octanol–water partition coefficient (Wildman–Crippen LogP) is 5.41. The summed E-state index contributed by atoms with van der Waals surface area (Å²) < 4.78 is 0. The van der Waals surface area contributed by atoms with Crippen molar-refractivity contribution in [1.29, 1.82) is 0 Å². The van der Waals surface area contributed by atoms with Crippen molar-refractivity contribution in [1.82, 2.24) is 40.1 Å². The van der Waals surface area contributed by atoms with Crippen LogP contribution in [0.5, 0.6) is 0 Å². The average Bonchev–Trinajstić information content (AvgIpc) is 3.69. The Morgan fingerprint density at radius 3 is 2.44 bits per heavy atom. The molecule has 0 bridgehead atoms. The van der Waals surface area contributed by atoms with Crippen LogP contribution in [0.4, 0.5) is 0 Å². The Morgan fingerprint density at radius 2 is 1.72 bits per heavy atom. The lowest BCUT2D eigenvalue weighted by Gasteiger charge is -2.23. The van der Waals surface area contributed by atoms with Crippen LogP contribution in [0.2, 0.25) is 0 Å². The van der Waals surface area contributed by atoms with Crippen molar-refractivity contribution >= 4 is 5.91 Å².